The Bertz CT molecular complexity index is 853. The summed E-state index contributed by atoms with van der Waals surface area (Å²) in [5, 5.41) is 12.3. The average molecular weight is 406 g/mol. The van der Waals surface area contributed by atoms with E-state index in [2.05, 4.69) is 41.7 Å². The van der Waals surface area contributed by atoms with Crippen molar-refractivity contribution in [1.82, 2.24) is 5.32 Å². The first-order chi connectivity index (χ1) is 14.8. The first kappa shape index (κ1) is 21.9. The minimum atomic E-state index is 0.270. The molecule has 0 aliphatic heterocycles. The number of benzene rings is 3. The van der Waals surface area contributed by atoms with Crippen LogP contribution in [0.5, 0.6) is 11.5 Å². The van der Waals surface area contributed by atoms with E-state index in [0.29, 0.717) is 13.2 Å². The Morgan fingerprint density at radius 2 is 1.27 bits per heavy atom. The maximum absolute atomic E-state index is 8.86. The lowest BCUT2D eigenvalue weighted by Gasteiger charge is -2.15. The molecular formula is C26H31NO3. The van der Waals surface area contributed by atoms with Crippen LogP contribution >= 0.6 is 0 Å². The van der Waals surface area contributed by atoms with Crippen LogP contribution in [0.2, 0.25) is 0 Å². The van der Waals surface area contributed by atoms with Crippen LogP contribution in [0.25, 0.3) is 0 Å². The summed E-state index contributed by atoms with van der Waals surface area (Å²) >= 11 is 0. The molecule has 0 atom stereocenters. The fraction of sp³-hybridized carbons (Fsp3) is 0.308. The normalized spacial score (nSPS) is 10.7. The number of nitrogens with one attached hydrogen (secondary N) is 1. The van der Waals surface area contributed by atoms with Crippen molar-refractivity contribution in [3.8, 4) is 11.5 Å². The molecule has 0 heterocycles. The molecule has 0 aliphatic carbocycles. The van der Waals surface area contributed by atoms with Gasteiger partial charge in [-0.15, -0.1) is 0 Å². The van der Waals surface area contributed by atoms with Crippen molar-refractivity contribution in [2.75, 3.05) is 13.2 Å². The fourth-order valence-corrected chi connectivity index (χ4v) is 3.14. The van der Waals surface area contributed by atoms with Gasteiger partial charge in [-0.3, -0.25) is 0 Å². The van der Waals surface area contributed by atoms with Gasteiger partial charge in [-0.05, 0) is 54.6 Å². The van der Waals surface area contributed by atoms with Crippen LogP contribution in [0.3, 0.4) is 0 Å². The van der Waals surface area contributed by atoms with Gasteiger partial charge in [0.25, 0.3) is 0 Å². The predicted octanol–water partition coefficient (Wildman–Crippen LogP) is 5.10. The van der Waals surface area contributed by atoms with Crippen LogP contribution in [0, 0.1) is 0 Å². The summed E-state index contributed by atoms with van der Waals surface area (Å²) in [6.07, 6.45) is 2.98. The second-order valence-corrected chi connectivity index (χ2v) is 7.29. The van der Waals surface area contributed by atoms with Crippen LogP contribution < -0.4 is 14.8 Å². The Hall–Kier alpha value is -2.82. The molecular weight excluding hydrogens is 374 g/mol. The number of ether oxygens (including phenoxy) is 2. The zero-order chi connectivity index (χ0) is 20.9. The van der Waals surface area contributed by atoms with Gasteiger partial charge in [0.2, 0.25) is 0 Å². The number of rotatable bonds is 13. The quantitative estimate of drug-likeness (QED) is 0.389. The van der Waals surface area contributed by atoms with Gasteiger partial charge in [-0.2, -0.15) is 0 Å². The molecule has 3 rings (SSSR count). The zero-order valence-corrected chi connectivity index (χ0v) is 17.4. The summed E-state index contributed by atoms with van der Waals surface area (Å²) in [4.78, 5) is 0. The summed E-state index contributed by atoms with van der Waals surface area (Å²) in [5.41, 5.74) is 3.41. The van der Waals surface area contributed by atoms with Crippen molar-refractivity contribution in [3.63, 3.8) is 0 Å². The smallest absolute Gasteiger partial charge is 0.162 e. The molecule has 0 unspecified atom stereocenters. The van der Waals surface area contributed by atoms with Crippen molar-refractivity contribution >= 4 is 0 Å². The molecule has 0 fully saturated rings. The molecule has 4 heteroatoms. The highest BCUT2D eigenvalue weighted by Crippen LogP contribution is 2.30. The molecule has 0 saturated carbocycles. The summed E-state index contributed by atoms with van der Waals surface area (Å²) in [5.74, 6) is 1.51. The van der Waals surface area contributed by atoms with Gasteiger partial charge in [0.15, 0.2) is 11.5 Å². The molecule has 0 bridgehead atoms. The third kappa shape index (κ3) is 7.54. The van der Waals surface area contributed by atoms with Gasteiger partial charge in [-0.25, -0.2) is 0 Å². The summed E-state index contributed by atoms with van der Waals surface area (Å²) < 4.78 is 12.2. The molecule has 0 radical (unpaired) electrons. The Morgan fingerprint density at radius 3 is 1.90 bits per heavy atom. The van der Waals surface area contributed by atoms with E-state index in [0.717, 1.165) is 60.5 Å². The third-order valence-corrected chi connectivity index (χ3v) is 4.82. The van der Waals surface area contributed by atoms with E-state index in [1.165, 1.54) is 0 Å². The SMILES string of the molecule is OCCCCCNCc1ccc(OCc2ccccc2)c(OCc2ccccc2)c1. The molecule has 0 aliphatic rings. The molecule has 3 aromatic rings. The monoisotopic (exact) mass is 405 g/mol. The second-order valence-electron chi connectivity index (χ2n) is 7.29. The molecule has 2 N–H and O–H groups in total. The molecule has 3 aromatic carbocycles. The lowest BCUT2D eigenvalue weighted by atomic mass is 10.2. The van der Waals surface area contributed by atoms with Crippen molar-refractivity contribution in [2.24, 2.45) is 0 Å². The van der Waals surface area contributed by atoms with Crippen LogP contribution in [0.4, 0.5) is 0 Å². The van der Waals surface area contributed by atoms with Gasteiger partial charge in [0, 0.05) is 13.2 Å². The highest BCUT2D eigenvalue weighted by atomic mass is 16.5. The number of hydrogen-bond donors (Lipinski definition) is 2. The molecule has 4 nitrogen and oxygen atoms in total. The van der Waals surface area contributed by atoms with Crippen molar-refractivity contribution < 1.29 is 14.6 Å². The van der Waals surface area contributed by atoms with Gasteiger partial charge < -0.3 is 19.9 Å². The highest BCUT2D eigenvalue weighted by Gasteiger charge is 2.08. The van der Waals surface area contributed by atoms with Crippen molar-refractivity contribution in [1.29, 1.82) is 0 Å². The number of aliphatic hydroxyl groups is 1. The Balaban J connectivity index is 1.62. The van der Waals surface area contributed by atoms with E-state index in [9.17, 15) is 0 Å². The maximum atomic E-state index is 8.86. The minimum absolute atomic E-state index is 0.270. The zero-order valence-electron chi connectivity index (χ0n) is 17.4. The first-order valence-corrected chi connectivity index (χ1v) is 10.6. The van der Waals surface area contributed by atoms with Crippen molar-refractivity contribution in [2.45, 2.75) is 39.0 Å². The second kappa shape index (κ2) is 12.7. The van der Waals surface area contributed by atoms with Crippen LogP contribution in [0.1, 0.15) is 36.0 Å². The highest BCUT2D eigenvalue weighted by molar-refractivity contribution is 5.43. The first-order valence-electron chi connectivity index (χ1n) is 10.6. The van der Waals surface area contributed by atoms with E-state index in [1.54, 1.807) is 0 Å². The molecule has 0 amide bonds. The molecule has 158 valence electrons. The predicted molar refractivity (Wildman–Crippen MR) is 121 cm³/mol. The third-order valence-electron chi connectivity index (χ3n) is 4.82. The van der Waals surface area contributed by atoms with E-state index < -0.39 is 0 Å². The Labute approximate surface area is 179 Å². The molecule has 0 spiro atoms. The molecule has 30 heavy (non-hydrogen) atoms. The van der Waals surface area contributed by atoms with E-state index in [1.807, 2.05) is 42.5 Å². The average Bonchev–Trinajstić information content (AvgIpc) is 2.80. The summed E-state index contributed by atoms with van der Waals surface area (Å²) in [6, 6.07) is 26.4. The van der Waals surface area contributed by atoms with Gasteiger partial charge >= 0.3 is 0 Å². The number of unbranched alkanes of at least 4 members (excludes halogenated alkanes) is 2. The van der Waals surface area contributed by atoms with Crippen molar-refractivity contribution in [3.05, 3.63) is 95.6 Å². The van der Waals surface area contributed by atoms with Gasteiger partial charge in [0.05, 0.1) is 0 Å². The van der Waals surface area contributed by atoms with Crippen LogP contribution in [0.15, 0.2) is 78.9 Å². The van der Waals surface area contributed by atoms with Gasteiger partial charge in [0.1, 0.15) is 13.2 Å². The van der Waals surface area contributed by atoms with Crippen LogP contribution in [-0.4, -0.2) is 18.3 Å². The summed E-state index contributed by atoms with van der Waals surface area (Å²) in [6.45, 7) is 2.99. The molecule has 0 aromatic heterocycles. The largest absolute Gasteiger partial charge is 0.485 e. The number of hydrogen-bond acceptors (Lipinski definition) is 4. The minimum Gasteiger partial charge on any atom is -0.485 e. The van der Waals surface area contributed by atoms with E-state index in [-0.39, 0.29) is 6.61 Å². The van der Waals surface area contributed by atoms with Crippen LogP contribution in [-0.2, 0) is 19.8 Å². The lowest BCUT2D eigenvalue weighted by molar-refractivity contribution is 0.255. The summed E-state index contributed by atoms with van der Waals surface area (Å²) in [7, 11) is 0. The lowest BCUT2D eigenvalue weighted by Crippen LogP contribution is -2.15. The fourth-order valence-electron chi connectivity index (χ4n) is 3.14. The standard InChI is InChI=1S/C26H31NO3/c28-17-9-3-8-16-27-19-24-14-15-25(29-20-22-10-4-1-5-11-22)26(18-24)30-21-23-12-6-2-7-13-23/h1-2,4-7,10-15,18,27-28H,3,8-9,16-17,19-21H2. The topological polar surface area (TPSA) is 50.7 Å². The molecule has 0 saturated heterocycles. The van der Waals surface area contributed by atoms with E-state index in [4.69, 9.17) is 14.6 Å². The van der Waals surface area contributed by atoms with E-state index >= 15 is 0 Å². The Kier molecular flexibility index (Phi) is 9.25. The number of aliphatic hydroxyl groups excluding tert-OH is 1. The van der Waals surface area contributed by atoms with Gasteiger partial charge in [-0.1, -0.05) is 66.7 Å². The maximum Gasteiger partial charge on any atom is 0.162 e. The Morgan fingerprint density at radius 1 is 0.633 bits per heavy atom.